The summed E-state index contributed by atoms with van der Waals surface area (Å²) < 4.78 is 0. The fourth-order valence-electron chi connectivity index (χ4n) is 2.60. The van der Waals surface area contributed by atoms with Crippen LogP contribution >= 0.6 is 0 Å². The average Bonchev–Trinajstić information content (AvgIpc) is 2.75. The predicted molar refractivity (Wildman–Crippen MR) is 77.6 cm³/mol. The molecule has 0 radical (unpaired) electrons. The number of likely N-dealkylation sites (N-methyl/N-ethyl adjacent to an activating group) is 1. The molecule has 0 aromatic heterocycles. The van der Waals surface area contributed by atoms with Crippen LogP contribution in [0, 0.1) is 11.8 Å². The van der Waals surface area contributed by atoms with Gasteiger partial charge in [0.15, 0.2) is 0 Å². The number of nitrogens with one attached hydrogen (secondary N) is 1. The maximum atomic E-state index is 12.2. The second kappa shape index (κ2) is 7.47. The zero-order chi connectivity index (χ0) is 15.3. The van der Waals surface area contributed by atoms with Gasteiger partial charge < -0.3 is 20.2 Å². The molecule has 1 rings (SSSR count). The summed E-state index contributed by atoms with van der Waals surface area (Å²) >= 11 is 0. The van der Waals surface area contributed by atoms with E-state index in [0.29, 0.717) is 25.4 Å². The van der Waals surface area contributed by atoms with Crippen LogP contribution in [0.25, 0.3) is 0 Å². The van der Waals surface area contributed by atoms with E-state index in [0.717, 1.165) is 13.0 Å². The normalized spacial score (nSPS) is 20.5. The Hall–Kier alpha value is -1.30. The molecule has 2 amide bonds. The van der Waals surface area contributed by atoms with Crippen LogP contribution in [-0.2, 0) is 4.79 Å². The molecular weight excluding hydrogens is 258 g/mol. The Balaban J connectivity index is 2.51. The van der Waals surface area contributed by atoms with Crippen molar-refractivity contribution >= 4 is 12.0 Å². The predicted octanol–water partition coefficient (Wildman–Crippen LogP) is 1.08. The Bertz CT molecular complexity index is 335. The SMILES string of the molecule is CC(C)CC(CN(C)C)NC(=O)N1CCC(C(=O)O)C1. The van der Waals surface area contributed by atoms with Crippen LogP contribution in [0.4, 0.5) is 4.79 Å². The van der Waals surface area contributed by atoms with Crippen LogP contribution in [0.15, 0.2) is 0 Å². The molecule has 20 heavy (non-hydrogen) atoms. The summed E-state index contributed by atoms with van der Waals surface area (Å²) in [7, 11) is 3.96. The highest BCUT2D eigenvalue weighted by Crippen LogP contribution is 2.16. The molecule has 0 bridgehead atoms. The summed E-state index contributed by atoms with van der Waals surface area (Å²) in [5.41, 5.74) is 0. The maximum absolute atomic E-state index is 12.2. The molecular formula is C14H27N3O3. The van der Waals surface area contributed by atoms with Crippen LogP contribution in [0.1, 0.15) is 26.7 Å². The lowest BCUT2D eigenvalue weighted by Gasteiger charge is -2.26. The third-order valence-electron chi connectivity index (χ3n) is 3.49. The maximum Gasteiger partial charge on any atom is 0.317 e. The molecule has 1 saturated heterocycles. The molecule has 2 unspecified atom stereocenters. The van der Waals surface area contributed by atoms with Gasteiger partial charge in [0.25, 0.3) is 0 Å². The first-order valence-corrected chi connectivity index (χ1v) is 7.22. The fraction of sp³-hybridized carbons (Fsp3) is 0.857. The van der Waals surface area contributed by atoms with E-state index in [-0.39, 0.29) is 12.1 Å². The van der Waals surface area contributed by atoms with Gasteiger partial charge in [0.2, 0.25) is 0 Å². The number of urea groups is 1. The van der Waals surface area contributed by atoms with Gasteiger partial charge in [0, 0.05) is 25.7 Å². The molecule has 2 atom stereocenters. The molecule has 2 N–H and O–H groups in total. The number of aliphatic carboxylic acids is 1. The van der Waals surface area contributed by atoms with E-state index in [1.807, 2.05) is 14.1 Å². The van der Waals surface area contributed by atoms with E-state index < -0.39 is 11.9 Å². The minimum atomic E-state index is -0.813. The number of rotatable bonds is 6. The van der Waals surface area contributed by atoms with Gasteiger partial charge in [-0.1, -0.05) is 13.8 Å². The van der Waals surface area contributed by atoms with Crippen LogP contribution in [0.3, 0.4) is 0 Å². The lowest BCUT2D eigenvalue weighted by molar-refractivity contribution is -0.141. The van der Waals surface area contributed by atoms with Gasteiger partial charge in [0.05, 0.1) is 5.92 Å². The lowest BCUT2D eigenvalue weighted by Crippen LogP contribution is -2.48. The molecule has 6 nitrogen and oxygen atoms in total. The second-order valence-corrected chi connectivity index (χ2v) is 6.31. The summed E-state index contributed by atoms with van der Waals surface area (Å²) in [6.45, 7) is 5.90. The zero-order valence-electron chi connectivity index (χ0n) is 12.9. The van der Waals surface area contributed by atoms with Crippen molar-refractivity contribution in [3.8, 4) is 0 Å². The number of carboxylic acids is 1. The molecule has 0 aliphatic carbocycles. The van der Waals surface area contributed by atoms with Gasteiger partial charge in [-0.05, 0) is 32.9 Å². The summed E-state index contributed by atoms with van der Waals surface area (Å²) in [6.07, 6.45) is 1.46. The lowest BCUT2D eigenvalue weighted by atomic mass is 10.0. The van der Waals surface area contributed by atoms with Crippen molar-refractivity contribution in [2.24, 2.45) is 11.8 Å². The second-order valence-electron chi connectivity index (χ2n) is 6.31. The van der Waals surface area contributed by atoms with E-state index in [1.165, 1.54) is 0 Å². The van der Waals surface area contributed by atoms with E-state index in [4.69, 9.17) is 5.11 Å². The molecule has 0 aromatic carbocycles. The highest BCUT2D eigenvalue weighted by atomic mass is 16.4. The highest BCUT2D eigenvalue weighted by molar-refractivity contribution is 5.77. The number of carbonyl (C=O) groups excluding carboxylic acids is 1. The fourth-order valence-corrected chi connectivity index (χ4v) is 2.60. The molecule has 1 aliphatic heterocycles. The van der Waals surface area contributed by atoms with Crippen molar-refractivity contribution in [3.63, 3.8) is 0 Å². The number of hydrogen-bond donors (Lipinski definition) is 2. The molecule has 0 saturated carbocycles. The topological polar surface area (TPSA) is 72.9 Å². The van der Waals surface area contributed by atoms with Gasteiger partial charge in [-0.25, -0.2) is 4.79 Å². The monoisotopic (exact) mass is 285 g/mol. The Morgan fingerprint density at radius 2 is 2.05 bits per heavy atom. The molecule has 0 spiro atoms. The number of carbonyl (C=O) groups is 2. The first-order valence-electron chi connectivity index (χ1n) is 7.22. The van der Waals surface area contributed by atoms with Crippen molar-refractivity contribution in [2.75, 3.05) is 33.7 Å². The third kappa shape index (κ3) is 5.36. The quantitative estimate of drug-likeness (QED) is 0.766. The molecule has 1 aliphatic rings. The van der Waals surface area contributed by atoms with E-state index >= 15 is 0 Å². The molecule has 0 aromatic rings. The zero-order valence-corrected chi connectivity index (χ0v) is 12.9. The van der Waals surface area contributed by atoms with Gasteiger partial charge in [0.1, 0.15) is 0 Å². The van der Waals surface area contributed by atoms with Gasteiger partial charge in [-0.15, -0.1) is 0 Å². The van der Waals surface area contributed by atoms with Crippen molar-refractivity contribution in [1.82, 2.24) is 15.1 Å². The molecule has 1 heterocycles. The summed E-state index contributed by atoms with van der Waals surface area (Å²) in [5.74, 6) is -0.726. The third-order valence-corrected chi connectivity index (χ3v) is 3.49. The molecule has 1 fully saturated rings. The van der Waals surface area contributed by atoms with Crippen molar-refractivity contribution in [1.29, 1.82) is 0 Å². The first kappa shape index (κ1) is 16.8. The average molecular weight is 285 g/mol. The molecule has 6 heteroatoms. The first-order chi connectivity index (χ1) is 9.29. The van der Waals surface area contributed by atoms with E-state index in [9.17, 15) is 9.59 Å². The number of nitrogens with zero attached hydrogens (tertiary/aromatic N) is 2. The standard InChI is InChI=1S/C14H27N3O3/c1-10(2)7-12(9-16(3)4)15-14(20)17-6-5-11(8-17)13(18)19/h10-12H,5-9H2,1-4H3,(H,15,20)(H,18,19). The van der Waals surface area contributed by atoms with Crippen LogP contribution in [0.2, 0.25) is 0 Å². The number of amides is 2. The summed E-state index contributed by atoms with van der Waals surface area (Å²) in [6, 6.07) is -0.0392. The van der Waals surface area contributed by atoms with Crippen LogP contribution in [0.5, 0.6) is 0 Å². The Kier molecular flexibility index (Phi) is 6.26. The largest absolute Gasteiger partial charge is 0.481 e. The van der Waals surface area contributed by atoms with Gasteiger partial charge in [-0.3, -0.25) is 4.79 Å². The number of likely N-dealkylation sites (tertiary alicyclic amines) is 1. The summed E-state index contributed by atoms with van der Waals surface area (Å²) in [5, 5.41) is 12.0. The molecule has 116 valence electrons. The van der Waals surface area contributed by atoms with Gasteiger partial charge >= 0.3 is 12.0 Å². The Labute approximate surface area is 121 Å². The van der Waals surface area contributed by atoms with Crippen LogP contribution < -0.4 is 5.32 Å². The Morgan fingerprint density at radius 1 is 1.40 bits per heavy atom. The number of hydrogen-bond acceptors (Lipinski definition) is 3. The smallest absolute Gasteiger partial charge is 0.317 e. The Morgan fingerprint density at radius 3 is 2.50 bits per heavy atom. The highest BCUT2D eigenvalue weighted by Gasteiger charge is 2.31. The van der Waals surface area contributed by atoms with Gasteiger partial charge in [-0.2, -0.15) is 0 Å². The van der Waals surface area contributed by atoms with E-state index in [2.05, 4.69) is 24.1 Å². The van der Waals surface area contributed by atoms with Crippen molar-refractivity contribution in [2.45, 2.75) is 32.7 Å². The van der Waals surface area contributed by atoms with Crippen LogP contribution in [-0.4, -0.2) is 66.7 Å². The van der Waals surface area contributed by atoms with Crippen molar-refractivity contribution < 1.29 is 14.7 Å². The van der Waals surface area contributed by atoms with Crippen molar-refractivity contribution in [3.05, 3.63) is 0 Å². The summed E-state index contributed by atoms with van der Waals surface area (Å²) in [4.78, 5) is 26.8. The number of carboxylic acid groups (broad SMARTS) is 1. The minimum absolute atomic E-state index is 0.0985. The van der Waals surface area contributed by atoms with E-state index in [1.54, 1.807) is 4.90 Å². The minimum Gasteiger partial charge on any atom is -0.481 e.